The van der Waals surface area contributed by atoms with Crippen molar-refractivity contribution in [1.82, 2.24) is 15.1 Å². The number of hydrogen-bond donors (Lipinski definition) is 3. The maximum atomic E-state index is 12.5. The Morgan fingerprint density at radius 2 is 2.04 bits per heavy atom. The Kier molecular flexibility index (Phi) is 4.58. The molecule has 8 nitrogen and oxygen atoms in total. The van der Waals surface area contributed by atoms with E-state index >= 15 is 0 Å². The van der Waals surface area contributed by atoms with Crippen LogP contribution in [0.3, 0.4) is 0 Å². The van der Waals surface area contributed by atoms with E-state index in [1.165, 1.54) is 6.07 Å². The normalized spacial score (nSPS) is 13.9. The zero-order valence-corrected chi connectivity index (χ0v) is 15.0. The maximum Gasteiger partial charge on any atom is 0.410 e. The van der Waals surface area contributed by atoms with Crippen LogP contribution < -0.4 is 5.32 Å². The number of carbonyl (C=O) groups excluding carboxylic acids is 2. The van der Waals surface area contributed by atoms with E-state index in [0.29, 0.717) is 30.9 Å². The van der Waals surface area contributed by atoms with Gasteiger partial charge in [0.2, 0.25) is 0 Å². The van der Waals surface area contributed by atoms with Crippen molar-refractivity contribution in [1.29, 1.82) is 0 Å². The molecule has 0 saturated heterocycles. The summed E-state index contributed by atoms with van der Waals surface area (Å²) < 4.78 is 5.38. The number of H-pyrrole nitrogens is 1. The molecule has 3 N–H and O–H groups in total. The standard InChI is InChI=1S/C18H22N4O4/c1-18(2,3)26-17(25)22-9-8-11-13(10-22)20-21-15(11)16(24)19-12-6-4-5-7-14(12)23/h4-7,23H,8-10H2,1-3H3,(H,19,24)(H,20,21). The minimum Gasteiger partial charge on any atom is -0.506 e. The first-order valence-corrected chi connectivity index (χ1v) is 8.38. The summed E-state index contributed by atoms with van der Waals surface area (Å²) in [4.78, 5) is 26.3. The van der Waals surface area contributed by atoms with Crippen LogP contribution in [0, 0.1) is 0 Å². The highest BCUT2D eigenvalue weighted by molar-refractivity contribution is 6.04. The van der Waals surface area contributed by atoms with Gasteiger partial charge in [-0.3, -0.25) is 9.89 Å². The van der Waals surface area contributed by atoms with Crippen LogP contribution >= 0.6 is 0 Å². The second kappa shape index (κ2) is 6.70. The second-order valence-corrected chi connectivity index (χ2v) is 7.15. The number of aromatic hydroxyl groups is 1. The number of para-hydroxylation sites is 2. The van der Waals surface area contributed by atoms with Crippen molar-refractivity contribution in [3.05, 3.63) is 41.2 Å². The number of benzene rings is 1. The molecule has 3 rings (SSSR count). The van der Waals surface area contributed by atoms with E-state index in [1.54, 1.807) is 23.1 Å². The zero-order chi connectivity index (χ0) is 18.9. The zero-order valence-electron chi connectivity index (χ0n) is 15.0. The number of nitrogens with zero attached hydrogens (tertiary/aromatic N) is 2. The van der Waals surface area contributed by atoms with Gasteiger partial charge in [-0.2, -0.15) is 5.10 Å². The first kappa shape index (κ1) is 17.8. The molecule has 2 amide bonds. The number of carbonyl (C=O) groups is 2. The Hall–Kier alpha value is -3.03. The van der Waals surface area contributed by atoms with Gasteiger partial charge in [-0.05, 0) is 39.3 Å². The van der Waals surface area contributed by atoms with Gasteiger partial charge in [-0.1, -0.05) is 12.1 Å². The lowest BCUT2D eigenvalue weighted by atomic mass is 10.0. The molecule has 1 aliphatic rings. The molecule has 0 atom stereocenters. The van der Waals surface area contributed by atoms with E-state index in [4.69, 9.17) is 4.74 Å². The first-order chi connectivity index (χ1) is 12.2. The van der Waals surface area contributed by atoms with Crippen LogP contribution in [0.4, 0.5) is 10.5 Å². The third-order valence-corrected chi connectivity index (χ3v) is 3.95. The molecule has 2 heterocycles. The third kappa shape index (κ3) is 3.79. The fraction of sp³-hybridized carbons (Fsp3) is 0.389. The first-order valence-electron chi connectivity index (χ1n) is 8.38. The molecule has 0 fully saturated rings. The van der Waals surface area contributed by atoms with Crippen LogP contribution in [0.2, 0.25) is 0 Å². The summed E-state index contributed by atoms with van der Waals surface area (Å²) >= 11 is 0. The summed E-state index contributed by atoms with van der Waals surface area (Å²) in [6, 6.07) is 6.49. The fourth-order valence-corrected chi connectivity index (χ4v) is 2.75. The Bertz CT molecular complexity index is 838. The fourth-order valence-electron chi connectivity index (χ4n) is 2.75. The van der Waals surface area contributed by atoms with E-state index in [9.17, 15) is 14.7 Å². The van der Waals surface area contributed by atoms with Gasteiger partial charge in [0.05, 0.1) is 17.9 Å². The number of aromatic nitrogens is 2. The van der Waals surface area contributed by atoms with Crippen LogP contribution in [-0.2, 0) is 17.7 Å². The minimum atomic E-state index is -0.561. The quantitative estimate of drug-likeness (QED) is 0.716. The summed E-state index contributed by atoms with van der Waals surface area (Å²) in [5.74, 6) is -0.420. The summed E-state index contributed by atoms with van der Waals surface area (Å²) in [6.45, 7) is 6.20. The average Bonchev–Trinajstić information content (AvgIpc) is 2.98. The highest BCUT2D eigenvalue weighted by atomic mass is 16.6. The molecule has 1 aliphatic heterocycles. The number of ether oxygens (including phenoxy) is 1. The Morgan fingerprint density at radius 3 is 2.73 bits per heavy atom. The Balaban J connectivity index is 1.72. The maximum absolute atomic E-state index is 12.5. The Labute approximate surface area is 151 Å². The van der Waals surface area contributed by atoms with E-state index in [-0.39, 0.29) is 11.4 Å². The molecule has 1 aromatic carbocycles. The van der Waals surface area contributed by atoms with Crippen LogP contribution in [0.25, 0.3) is 0 Å². The SMILES string of the molecule is CC(C)(C)OC(=O)N1CCc2c(C(=O)Nc3ccccc3O)n[nH]c2C1. The largest absolute Gasteiger partial charge is 0.506 e. The van der Waals surface area contributed by atoms with E-state index < -0.39 is 17.6 Å². The topological polar surface area (TPSA) is 108 Å². The molecule has 0 bridgehead atoms. The van der Waals surface area contributed by atoms with Gasteiger partial charge in [0.1, 0.15) is 11.4 Å². The van der Waals surface area contributed by atoms with Crippen molar-refractivity contribution < 1.29 is 19.4 Å². The number of phenolic OH excluding ortho intramolecular Hbond substituents is 1. The van der Waals surface area contributed by atoms with Gasteiger partial charge in [0, 0.05) is 12.1 Å². The number of nitrogens with one attached hydrogen (secondary N) is 2. The van der Waals surface area contributed by atoms with Crippen molar-refractivity contribution >= 4 is 17.7 Å². The number of amides is 2. The minimum absolute atomic E-state index is 0.0126. The van der Waals surface area contributed by atoms with E-state index in [1.807, 2.05) is 20.8 Å². The predicted octanol–water partition coefficient (Wildman–Crippen LogP) is 2.66. The van der Waals surface area contributed by atoms with E-state index in [0.717, 1.165) is 5.56 Å². The molecule has 0 spiro atoms. The van der Waals surface area contributed by atoms with Crippen molar-refractivity contribution in [3.8, 4) is 5.75 Å². The third-order valence-electron chi connectivity index (χ3n) is 3.95. The van der Waals surface area contributed by atoms with Gasteiger partial charge in [0.15, 0.2) is 5.69 Å². The molecule has 0 radical (unpaired) electrons. The van der Waals surface area contributed by atoms with Gasteiger partial charge in [0.25, 0.3) is 5.91 Å². The van der Waals surface area contributed by atoms with Crippen molar-refractivity contribution in [3.63, 3.8) is 0 Å². The van der Waals surface area contributed by atoms with Crippen molar-refractivity contribution in [2.45, 2.75) is 39.3 Å². The van der Waals surface area contributed by atoms with Crippen molar-refractivity contribution in [2.75, 3.05) is 11.9 Å². The number of fused-ring (bicyclic) bond motifs is 1. The van der Waals surface area contributed by atoms with Gasteiger partial charge in [-0.25, -0.2) is 4.79 Å². The number of phenols is 1. The van der Waals surface area contributed by atoms with Gasteiger partial charge in [-0.15, -0.1) is 0 Å². The second-order valence-electron chi connectivity index (χ2n) is 7.15. The molecule has 0 aliphatic carbocycles. The molecular formula is C18H22N4O4. The lowest BCUT2D eigenvalue weighted by Crippen LogP contribution is -2.40. The number of anilines is 1. The molecule has 1 aromatic heterocycles. The molecular weight excluding hydrogens is 336 g/mol. The predicted molar refractivity (Wildman–Crippen MR) is 95.0 cm³/mol. The lowest BCUT2D eigenvalue weighted by molar-refractivity contribution is 0.0221. The summed E-state index contributed by atoms with van der Waals surface area (Å²) in [5.41, 5.74) is 1.52. The molecule has 2 aromatic rings. The summed E-state index contributed by atoms with van der Waals surface area (Å²) in [5, 5.41) is 19.4. The Morgan fingerprint density at radius 1 is 1.31 bits per heavy atom. The van der Waals surface area contributed by atoms with Crippen LogP contribution in [0.15, 0.2) is 24.3 Å². The monoisotopic (exact) mass is 358 g/mol. The van der Waals surface area contributed by atoms with Crippen molar-refractivity contribution in [2.24, 2.45) is 0 Å². The molecule has 0 saturated carbocycles. The average molecular weight is 358 g/mol. The van der Waals surface area contributed by atoms with Gasteiger partial charge >= 0.3 is 6.09 Å². The number of rotatable bonds is 2. The van der Waals surface area contributed by atoms with Crippen LogP contribution in [-0.4, -0.2) is 44.4 Å². The summed E-state index contributed by atoms with van der Waals surface area (Å²) in [7, 11) is 0. The number of aromatic amines is 1. The van der Waals surface area contributed by atoms with Gasteiger partial charge < -0.3 is 20.1 Å². The smallest absolute Gasteiger partial charge is 0.410 e. The van der Waals surface area contributed by atoms with E-state index in [2.05, 4.69) is 15.5 Å². The highest BCUT2D eigenvalue weighted by Crippen LogP contribution is 2.25. The molecule has 0 unspecified atom stereocenters. The van der Waals surface area contributed by atoms with Crippen LogP contribution in [0.1, 0.15) is 42.5 Å². The molecule has 8 heteroatoms. The highest BCUT2D eigenvalue weighted by Gasteiger charge is 2.30. The summed E-state index contributed by atoms with van der Waals surface area (Å²) in [6.07, 6.45) is 0.104. The number of hydrogen-bond acceptors (Lipinski definition) is 5. The molecule has 138 valence electrons. The van der Waals surface area contributed by atoms with Crippen LogP contribution in [0.5, 0.6) is 5.75 Å². The lowest BCUT2D eigenvalue weighted by Gasteiger charge is -2.29. The molecule has 26 heavy (non-hydrogen) atoms.